The van der Waals surface area contributed by atoms with E-state index in [1.165, 1.54) is 0 Å². The first-order chi connectivity index (χ1) is 9.24. The van der Waals surface area contributed by atoms with Gasteiger partial charge in [-0.05, 0) is 24.8 Å². The molecule has 1 unspecified atom stereocenters. The first-order valence-corrected chi connectivity index (χ1v) is 7.00. The summed E-state index contributed by atoms with van der Waals surface area (Å²) >= 11 is 0. The number of para-hydroxylation sites is 1. The van der Waals surface area contributed by atoms with Gasteiger partial charge in [0.05, 0.1) is 6.04 Å². The van der Waals surface area contributed by atoms with Gasteiger partial charge in [-0.1, -0.05) is 24.6 Å². The van der Waals surface area contributed by atoms with E-state index in [1.54, 1.807) is 0 Å². The second-order valence-corrected chi connectivity index (χ2v) is 5.53. The first-order valence-electron chi connectivity index (χ1n) is 7.00. The van der Waals surface area contributed by atoms with E-state index in [2.05, 4.69) is 5.32 Å². The van der Waals surface area contributed by atoms with E-state index in [1.807, 2.05) is 24.3 Å². The summed E-state index contributed by atoms with van der Waals surface area (Å²) in [6, 6.07) is 8.04. The largest absolute Gasteiger partial charge is 0.491 e. The van der Waals surface area contributed by atoms with Crippen LogP contribution in [0.1, 0.15) is 37.3 Å². The highest BCUT2D eigenvalue weighted by atomic mass is 16.5. The summed E-state index contributed by atoms with van der Waals surface area (Å²) in [7, 11) is 0. The third-order valence-electron chi connectivity index (χ3n) is 4.20. The Hall–Kier alpha value is -1.55. The molecule has 3 rings (SSSR count). The third kappa shape index (κ3) is 2.59. The summed E-state index contributed by atoms with van der Waals surface area (Å²) in [6.07, 6.45) is 3.81. The molecule has 19 heavy (non-hydrogen) atoms. The first kappa shape index (κ1) is 12.5. The predicted molar refractivity (Wildman–Crippen MR) is 72.8 cm³/mol. The minimum atomic E-state index is -0.0127. The summed E-state index contributed by atoms with van der Waals surface area (Å²) in [5, 5.41) is 3.06. The summed E-state index contributed by atoms with van der Waals surface area (Å²) in [5.41, 5.74) is 7.08. The standard InChI is InChI=1S/C15H20N2O2/c16-12-6-3-4-10(12)8-15(18)17-13-9-19-14-7-2-1-5-11(13)14/h1-2,5,7,10,12-13H,3-4,6,8-9,16H2,(H,17,18)/t10-,12+,13?/m0/s1. The zero-order valence-corrected chi connectivity index (χ0v) is 11.0. The van der Waals surface area contributed by atoms with Crippen LogP contribution in [-0.4, -0.2) is 18.6 Å². The van der Waals surface area contributed by atoms with Crippen molar-refractivity contribution in [2.24, 2.45) is 11.7 Å². The molecule has 3 atom stereocenters. The molecule has 4 nitrogen and oxygen atoms in total. The monoisotopic (exact) mass is 260 g/mol. The fraction of sp³-hybridized carbons (Fsp3) is 0.533. The molecule has 1 fully saturated rings. The molecular weight excluding hydrogens is 240 g/mol. The van der Waals surface area contributed by atoms with Crippen molar-refractivity contribution in [2.45, 2.75) is 37.8 Å². The quantitative estimate of drug-likeness (QED) is 0.870. The molecule has 1 amide bonds. The van der Waals surface area contributed by atoms with Crippen molar-refractivity contribution < 1.29 is 9.53 Å². The minimum Gasteiger partial charge on any atom is -0.491 e. The van der Waals surface area contributed by atoms with Crippen LogP contribution in [0.15, 0.2) is 24.3 Å². The Morgan fingerprint density at radius 2 is 2.21 bits per heavy atom. The number of benzene rings is 1. The summed E-state index contributed by atoms with van der Waals surface area (Å²) < 4.78 is 5.56. The van der Waals surface area contributed by atoms with Gasteiger partial charge in [0, 0.05) is 18.0 Å². The lowest BCUT2D eigenvalue weighted by Crippen LogP contribution is -2.34. The molecule has 0 aromatic heterocycles. The van der Waals surface area contributed by atoms with E-state index in [0.29, 0.717) is 18.9 Å². The van der Waals surface area contributed by atoms with Gasteiger partial charge in [-0.2, -0.15) is 0 Å². The van der Waals surface area contributed by atoms with Crippen molar-refractivity contribution >= 4 is 5.91 Å². The molecule has 0 spiro atoms. The number of rotatable bonds is 3. The molecule has 4 heteroatoms. The van der Waals surface area contributed by atoms with Crippen LogP contribution in [0.25, 0.3) is 0 Å². The Bertz CT molecular complexity index is 475. The molecule has 1 aromatic rings. The van der Waals surface area contributed by atoms with Gasteiger partial charge >= 0.3 is 0 Å². The number of hydrogen-bond acceptors (Lipinski definition) is 3. The highest BCUT2D eigenvalue weighted by Crippen LogP contribution is 2.32. The van der Waals surface area contributed by atoms with E-state index in [4.69, 9.17) is 10.5 Å². The molecule has 0 bridgehead atoms. The maximum Gasteiger partial charge on any atom is 0.220 e. The Kier molecular flexibility index (Phi) is 3.42. The van der Waals surface area contributed by atoms with Gasteiger partial charge in [0.1, 0.15) is 12.4 Å². The van der Waals surface area contributed by atoms with Gasteiger partial charge in [0.25, 0.3) is 0 Å². The summed E-state index contributed by atoms with van der Waals surface area (Å²) in [6.45, 7) is 0.530. The number of nitrogens with two attached hydrogens (primary N) is 1. The minimum absolute atomic E-state index is 0.0127. The van der Waals surface area contributed by atoms with Crippen LogP contribution in [0.4, 0.5) is 0 Å². The van der Waals surface area contributed by atoms with Gasteiger partial charge in [-0.3, -0.25) is 4.79 Å². The number of hydrogen-bond donors (Lipinski definition) is 2. The Morgan fingerprint density at radius 1 is 1.37 bits per heavy atom. The lowest BCUT2D eigenvalue weighted by Gasteiger charge is -2.17. The fourth-order valence-corrected chi connectivity index (χ4v) is 3.09. The van der Waals surface area contributed by atoms with Gasteiger partial charge in [0.15, 0.2) is 0 Å². The lowest BCUT2D eigenvalue weighted by atomic mass is 9.99. The van der Waals surface area contributed by atoms with Crippen LogP contribution in [0, 0.1) is 5.92 Å². The molecule has 3 N–H and O–H groups in total. The van der Waals surface area contributed by atoms with E-state index in [9.17, 15) is 4.79 Å². The lowest BCUT2D eigenvalue weighted by molar-refractivity contribution is -0.122. The molecule has 2 aliphatic rings. The average Bonchev–Trinajstić information content (AvgIpc) is 2.98. The normalized spacial score (nSPS) is 28.8. The number of ether oxygens (including phenoxy) is 1. The topological polar surface area (TPSA) is 64.4 Å². The van der Waals surface area contributed by atoms with Crippen molar-refractivity contribution in [2.75, 3.05) is 6.61 Å². The zero-order chi connectivity index (χ0) is 13.2. The SMILES string of the molecule is N[C@@H]1CCC[C@H]1CC(=O)NC1COc2ccccc21. The van der Waals surface area contributed by atoms with Crippen LogP contribution in [-0.2, 0) is 4.79 Å². The van der Waals surface area contributed by atoms with E-state index < -0.39 is 0 Å². The van der Waals surface area contributed by atoms with Crippen LogP contribution < -0.4 is 15.8 Å². The highest BCUT2D eigenvalue weighted by molar-refractivity contribution is 5.77. The molecule has 1 saturated carbocycles. The van der Waals surface area contributed by atoms with Gasteiger partial charge in [0.2, 0.25) is 5.91 Å². The number of carbonyl (C=O) groups is 1. The van der Waals surface area contributed by atoms with Crippen molar-refractivity contribution in [3.05, 3.63) is 29.8 Å². The molecule has 102 valence electrons. The highest BCUT2D eigenvalue weighted by Gasteiger charge is 2.29. The molecule has 1 heterocycles. The second kappa shape index (κ2) is 5.21. The van der Waals surface area contributed by atoms with Crippen LogP contribution in [0.3, 0.4) is 0 Å². The van der Waals surface area contributed by atoms with E-state index >= 15 is 0 Å². The predicted octanol–water partition coefficient (Wildman–Crippen LogP) is 1.75. The second-order valence-electron chi connectivity index (χ2n) is 5.53. The molecule has 1 aliphatic carbocycles. The molecular formula is C15H20N2O2. The Labute approximate surface area is 113 Å². The Morgan fingerprint density at radius 3 is 3.00 bits per heavy atom. The number of fused-ring (bicyclic) bond motifs is 1. The van der Waals surface area contributed by atoms with Crippen molar-refractivity contribution in [3.8, 4) is 5.75 Å². The average molecular weight is 260 g/mol. The fourth-order valence-electron chi connectivity index (χ4n) is 3.09. The van der Waals surface area contributed by atoms with Crippen LogP contribution in [0.5, 0.6) is 5.75 Å². The van der Waals surface area contributed by atoms with Gasteiger partial charge in [-0.25, -0.2) is 0 Å². The smallest absolute Gasteiger partial charge is 0.220 e. The third-order valence-corrected chi connectivity index (χ3v) is 4.20. The van der Waals surface area contributed by atoms with Crippen molar-refractivity contribution in [1.82, 2.24) is 5.32 Å². The molecule has 0 saturated heterocycles. The van der Waals surface area contributed by atoms with E-state index in [-0.39, 0.29) is 18.0 Å². The van der Waals surface area contributed by atoms with Crippen molar-refractivity contribution in [1.29, 1.82) is 0 Å². The number of carbonyl (C=O) groups excluding carboxylic acids is 1. The van der Waals surface area contributed by atoms with Crippen molar-refractivity contribution in [3.63, 3.8) is 0 Å². The molecule has 1 aromatic carbocycles. The summed E-state index contributed by atoms with van der Waals surface area (Å²) in [5.74, 6) is 1.32. The van der Waals surface area contributed by atoms with E-state index in [0.717, 1.165) is 30.6 Å². The van der Waals surface area contributed by atoms with Crippen LogP contribution >= 0.6 is 0 Å². The number of nitrogens with one attached hydrogen (secondary N) is 1. The van der Waals surface area contributed by atoms with Crippen LogP contribution in [0.2, 0.25) is 0 Å². The van der Waals surface area contributed by atoms with Gasteiger partial charge in [-0.15, -0.1) is 0 Å². The maximum absolute atomic E-state index is 12.1. The van der Waals surface area contributed by atoms with Gasteiger partial charge < -0.3 is 15.8 Å². The number of amides is 1. The molecule has 1 aliphatic heterocycles. The molecule has 0 radical (unpaired) electrons. The Balaban J connectivity index is 1.59. The maximum atomic E-state index is 12.1. The summed E-state index contributed by atoms with van der Waals surface area (Å²) in [4.78, 5) is 12.1. The zero-order valence-electron chi connectivity index (χ0n) is 11.0.